The molecule has 0 spiro atoms. The van der Waals surface area contributed by atoms with Crippen LogP contribution in [0.3, 0.4) is 0 Å². The summed E-state index contributed by atoms with van der Waals surface area (Å²) in [6.45, 7) is 1.67. The molecular formula is C24H25FN2O2. The molecule has 0 aromatic heterocycles. The Labute approximate surface area is 170 Å². The molecule has 0 atom stereocenters. The van der Waals surface area contributed by atoms with Crippen LogP contribution in [0.2, 0.25) is 0 Å². The summed E-state index contributed by atoms with van der Waals surface area (Å²) in [6.07, 6.45) is 0.947. The first-order valence-corrected chi connectivity index (χ1v) is 9.71. The van der Waals surface area contributed by atoms with E-state index in [1.807, 2.05) is 60.7 Å². The topological polar surface area (TPSA) is 50.4 Å². The summed E-state index contributed by atoms with van der Waals surface area (Å²) in [5.74, 6) is 0.492. The summed E-state index contributed by atoms with van der Waals surface area (Å²) in [6, 6.07) is 24.0. The number of nitrogens with one attached hydrogen (secondary N) is 2. The van der Waals surface area contributed by atoms with E-state index >= 15 is 0 Å². The van der Waals surface area contributed by atoms with Crippen molar-refractivity contribution in [2.75, 3.05) is 18.4 Å². The summed E-state index contributed by atoms with van der Waals surface area (Å²) >= 11 is 0. The van der Waals surface area contributed by atoms with E-state index < -0.39 is 0 Å². The maximum absolute atomic E-state index is 13.5. The summed E-state index contributed by atoms with van der Waals surface area (Å²) in [7, 11) is 0. The van der Waals surface area contributed by atoms with Gasteiger partial charge in [0.25, 0.3) is 0 Å². The van der Waals surface area contributed by atoms with E-state index in [9.17, 15) is 9.18 Å². The zero-order valence-corrected chi connectivity index (χ0v) is 16.2. The molecule has 0 saturated heterocycles. The van der Waals surface area contributed by atoms with E-state index in [1.54, 1.807) is 12.1 Å². The second kappa shape index (κ2) is 11.0. The van der Waals surface area contributed by atoms with E-state index in [-0.39, 0.29) is 11.7 Å². The van der Waals surface area contributed by atoms with Gasteiger partial charge in [0, 0.05) is 18.7 Å². The van der Waals surface area contributed by atoms with Crippen molar-refractivity contribution < 1.29 is 13.9 Å². The monoisotopic (exact) mass is 392 g/mol. The van der Waals surface area contributed by atoms with Gasteiger partial charge in [-0.1, -0.05) is 48.5 Å². The summed E-state index contributed by atoms with van der Waals surface area (Å²) in [4.78, 5) is 12.1. The van der Waals surface area contributed by atoms with Crippen molar-refractivity contribution in [1.82, 2.24) is 5.32 Å². The number of benzene rings is 3. The van der Waals surface area contributed by atoms with Gasteiger partial charge in [0.2, 0.25) is 5.91 Å². The van der Waals surface area contributed by atoms with E-state index in [4.69, 9.17) is 4.74 Å². The molecule has 0 heterocycles. The van der Waals surface area contributed by atoms with Crippen LogP contribution in [-0.2, 0) is 17.8 Å². The minimum atomic E-state index is -0.191. The molecule has 0 aliphatic rings. The molecular weight excluding hydrogens is 367 g/mol. The van der Waals surface area contributed by atoms with E-state index in [0.29, 0.717) is 38.1 Å². The number of hydrogen-bond donors (Lipinski definition) is 2. The number of ether oxygens (including phenoxy) is 1. The number of carbonyl (C=O) groups excluding carboxylic acids is 1. The summed E-state index contributed by atoms with van der Waals surface area (Å²) < 4.78 is 19.3. The lowest BCUT2D eigenvalue weighted by molar-refractivity contribution is -0.116. The number of anilines is 1. The van der Waals surface area contributed by atoms with Gasteiger partial charge in [-0.2, -0.15) is 0 Å². The number of halogens is 1. The van der Waals surface area contributed by atoms with Crippen LogP contribution < -0.4 is 15.4 Å². The van der Waals surface area contributed by atoms with Crippen LogP contribution in [-0.4, -0.2) is 19.0 Å². The summed E-state index contributed by atoms with van der Waals surface area (Å²) in [5.41, 5.74) is 2.51. The normalized spacial score (nSPS) is 10.5. The zero-order valence-electron chi connectivity index (χ0n) is 16.2. The number of rotatable bonds is 10. The maximum Gasteiger partial charge on any atom is 0.225 e. The van der Waals surface area contributed by atoms with Gasteiger partial charge in [0.15, 0.2) is 0 Å². The van der Waals surface area contributed by atoms with Crippen molar-refractivity contribution in [3.63, 3.8) is 0 Å². The Morgan fingerprint density at radius 2 is 1.59 bits per heavy atom. The summed E-state index contributed by atoms with van der Waals surface area (Å²) in [5, 5.41) is 6.04. The van der Waals surface area contributed by atoms with Crippen LogP contribution in [0.15, 0.2) is 78.9 Å². The Hall–Kier alpha value is -3.18. The first-order chi connectivity index (χ1) is 14.2. The zero-order chi connectivity index (χ0) is 20.3. The van der Waals surface area contributed by atoms with Gasteiger partial charge in [-0.05, 0) is 54.4 Å². The molecule has 1 amide bonds. The lowest BCUT2D eigenvalue weighted by Crippen LogP contribution is -2.23. The van der Waals surface area contributed by atoms with E-state index in [2.05, 4.69) is 10.6 Å². The Balaban J connectivity index is 1.33. The van der Waals surface area contributed by atoms with Gasteiger partial charge in [0.05, 0.1) is 0 Å². The first-order valence-electron chi connectivity index (χ1n) is 9.71. The molecule has 5 heteroatoms. The van der Waals surface area contributed by atoms with Crippen LogP contribution in [0.5, 0.6) is 5.75 Å². The Morgan fingerprint density at radius 3 is 2.34 bits per heavy atom. The molecule has 4 nitrogen and oxygen atoms in total. The molecule has 3 rings (SSSR count). The van der Waals surface area contributed by atoms with E-state index in [0.717, 1.165) is 17.0 Å². The molecule has 150 valence electrons. The van der Waals surface area contributed by atoms with Gasteiger partial charge in [-0.15, -0.1) is 0 Å². The highest BCUT2D eigenvalue weighted by Gasteiger charge is 2.04. The van der Waals surface area contributed by atoms with Crippen molar-refractivity contribution in [2.24, 2.45) is 0 Å². The third kappa shape index (κ3) is 7.05. The fraction of sp³-hybridized carbons (Fsp3) is 0.208. The predicted octanol–water partition coefficient (Wildman–Crippen LogP) is 4.57. The molecule has 0 radical (unpaired) electrons. The van der Waals surface area contributed by atoms with Gasteiger partial charge >= 0.3 is 0 Å². The highest BCUT2D eigenvalue weighted by molar-refractivity contribution is 5.90. The lowest BCUT2D eigenvalue weighted by atomic mass is 10.1. The van der Waals surface area contributed by atoms with Crippen molar-refractivity contribution in [3.05, 3.63) is 95.8 Å². The minimum absolute atomic E-state index is 0.0682. The Morgan fingerprint density at radius 1 is 0.862 bits per heavy atom. The highest BCUT2D eigenvalue weighted by Crippen LogP contribution is 2.17. The average molecular weight is 392 g/mol. The standard InChI is InChI=1S/C24H25FN2O2/c25-23-9-5-4-8-20(23)14-16-26-17-15-24(28)27-21-10-12-22(13-11-21)29-18-19-6-2-1-3-7-19/h1-13,26H,14-18H2,(H,27,28). The molecule has 0 saturated carbocycles. The van der Waals surface area contributed by atoms with Crippen molar-refractivity contribution >= 4 is 11.6 Å². The Kier molecular flexibility index (Phi) is 7.78. The van der Waals surface area contributed by atoms with Crippen LogP contribution >= 0.6 is 0 Å². The second-order valence-corrected chi connectivity index (χ2v) is 6.69. The molecule has 0 aliphatic carbocycles. The first kappa shape index (κ1) is 20.6. The number of carbonyl (C=O) groups is 1. The third-order valence-corrected chi connectivity index (χ3v) is 4.44. The maximum atomic E-state index is 13.5. The smallest absolute Gasteiger partial charge is 0.225 e. The second-order valence-electron chi connectivity index (χ2n) is 6.69. The fourth-order valence-corrected chi connectivity index (χ4v) is 2.85. The highest BCUT2D eigenvalue weighted by atomic mass is 19.1. The van der Waals surface area contributed by atoms with Crippen molar-refractivity contribution in [1.29, 1.82) is 0 Å². The molecule has 3 aromatic rings. The van der Waals surface area contributed by atoms with Crippen LogP contribution in [0.1, 0.15) is 17.5 Å². The minimum Gasteiger partial charge on any atom is -0.489 e. The van der Waals surface area contributed by atoms with Crippen LogP contribution in [0.25, 0.3) is 0 Å². The third-order valence-electron chi connectivity index (χ3n) is 4.44. The molecule has 0 bridgehead atoms. The largest absolute Gasteiger partial charge is 0.489 e. The van der Waals surface area contributed by atoms with Crippen molar-refractivity contribution in [3.8, 4) is 5.75 Å². The molecule has 29 heavy (non-hydrogen) atoms. The van der Waals surface area contributed by atoms with Gasteiger partial charge in [-0.25, -0.2) is 4.39 Å². The molecule has 0 fully saturated rings. The van der Waals surface area contributed by atoms with Gasteiger partial charge in [0.1, 0.15) is 18.2 Å². The fourth-order valence-electron chi connectivity index (χ4n) is 2.85. The van der Waals surface area contributed by atoms with E-state index in [1.165, 1.54) is 6.07 Å². The molecule has 0 aliphatic heterocycles. The van der Waals surface area contributed by atoms with Crippen molar-refractivity contribution in [2.45, 2.75) is 19.4 Å². The lowest BCUT2D eigenvalue weighted by Gasteiger charge is -2.09. The van der Waals surface area contributed by atoms with Crippen LogP contribution in [0.4, 0.5) is 10.1 Å². The van der Waals surface area contributed by atoms with Gasteiger partial charge in [-0.3, -0.25) is 4.79 Å². The molecule has 3 aromatic carbocycles. The van der Waals surface area contributed by atoms with Gasteiger partial charge < -0.3 is 15.4 Å². The predicted molar refractivity (Wildman–Crippen MR) is 113 cm³/mol. The van der Waals surface area contributed by atoms with Crippen LogP contribution in [0, 0.1) is 5.82 Å². The quantitative estimate of drug-likeness (QED) is 0.497. The average Bonchev–Trinajstić information content (AvgIpc) is 2.75. The Bertz CT molecular complexity index is 898. The molecule has 2 N–H and O–H groups in total. The SMILES string of the molecule is O=C(CCNCCc1ccccc1F)Nc1ccc(OCc2ccccc2)cc1. The number of hydrogen-bond acceptors (Lipinski definition) is 3. The molecule has 0 unspecified atom stereocenters. The number of amides is 1.